The van der Waals surface area contributed by atoms with Gasteiger partial charge in [-0.2, -0.15) is 0 Å². The fourth-order valence-electron chi connectivity index (χ4n) is 2.77. The minimum Gasteiger partial charge on any atom is -0.351 e. The molecule has 0 bridgehead atoms. The van der Waals surface area contributed by atoms with Gasteiger partial charge in [0.25, 0.3) is 5.91 Å². The van der Waals surface area contributed by atoms with Gasteiger partial charge < -0.3 is 10.6 Å². The van der Waals surface area contributed by atoms with Gasteiger partial charge in [-0.15, -0.1) is 23.7 Å². The zero-order valence-corrected chi connectivity index (χ0v) is 13.9. The van der Waals surface area contributed by atoms with E-state index in [-0.39, 0.29) is 24.1 Å². The molecular weight excluding hydrogens is 323 g/mol. The van der Waals surface area contributed by atoms with Crippen molar-refractivity contribution in [1.82, 2.24) is 10.6 Å². The number of hydrogen-bond donors (Lipinski definition) is 2. The first-order valence-electron chi connectivity index (χ1n) is 7.40. The average Bonchev–Trinajstić information content (AvgIpc) is 2.91. The van der Waals surface area contributed by atoms with E-state index in [9.17, 15) is 9.18 Å². The predicted octanol–water partition coefficient (Wildman–Crippen LogP) is 3.58. The highest BCUT2D eigenvalue weighted by molar-refractivity contribution is 7.20. The Morgan fingerprint density at radius 3 is 3.05 bits per heavy atom. The van der Waals surface area contributed by atoms with Crippen LogP contribution in [0.4, 0.5) is 4.39 Å². The van der Waals surface area contributed by atoms with Crippen molar-refractivity contribution in [2.45, 2.75) is 19.3 Å². The molecule has 1 amide bonds. The third kappa shape index (κ3) is 4.18. The van der Waals surface area contributed by atoms with Gasteiger partial charge in [-0.05, 0) is 67.9 Å². The van der Waals surface area contributed by atoms with E-state index in [0.29, 0.717) is 17.3 Å². The molecule has 3 rings (SSSR count). The molecule has 3 nitrogen and oxygen atoms in total. The minimum absolute atomic E-state index is 0. The van der Waals surface area contributed by atoms with Crippen molar-refractivity contribution in [3.63, 3.8) is 0 Å². The Morgan fingerprint density at radius 2 is 2.27 bits per heavy atom. The number of rotatable bonds is 4. The lowest BCUT2D eigenvalue weighted by Crippen LogP contribution is -2.33. The number of amides is 1. The molecule has 0 aliphatic carbocycles. The maximum Gasteiger partial charge on any atom is 0.261 e. The van der Waals surface area contributed by atoms with Gasteiger partial charge in [0.05, 0.1) is 4.88 Å². The summed E-state index contributed by atoms with van der Waals surface area (Å²) in [4.78, 5) is 12.8. The number of piperidine rings is 1. The molecule has 1 aliphatic rings. The number of benzene rings is 1. The number of carbonyl (C=O) groups is 1. The molecule has 0 radical (unpaired) electrons. The summed E-state index contributed by atoms with van der Waals surface area (Å²) in [6.45, 7) is 2.87. The molecule has 120 valence electrons. The SMILES string of the molecule is Cl.O=C(NCCC1CCCNC1)c1cc2cc(F)ccc2s1. The number of halogens is 2. The minimum atomic E-state index is -0.267. The first-order chi connectivity index (χ1) is 10.2. The number of fused-ring (bicyclic) bond motifs is 1. The zero-order valence-electron chi connectivity index (χ0n) is 12.2. The van der Waals surface area contributed by atoms with Crippen molar-refractivity contribution in [1.29, 1.82) is 0 Å². The van der Waals surface area contributed by atoms with Gasteiger partial charge in [0.2, 0.25) is 0 Å². The Bertz CT molecular complexity index is 640. The molecule has 2 N–H and O–H groups in total. The van der Waals surface area contributed by atoms with Crippen molar-refractivity contribution in [2.24, 2.45) is 5.92 Å². The van der Waals surface area contributed by atoms with Gasteiger partial charge >= 0.3 is 0 Å². The summed E-state index contributed by atoms with van der Waals surface area (Å²) in [5.74, 6) is 0.341. The Kier molecular flexibility index (Phi) is 6.17. The molecule has 6 heteroatoms. The van der Waals surface area contributed by atoms with E-state index in [0.717, 1.165) is 29.6 Å². The van der Waals surface area contributed by atoms with E-state index in [2.05, 4.69) is 10.6 Å². The highest BCUT2D eigenvalue weighted by atomic mass is 35.5. The van der Waals surface area contributed by atoms with Gasteiger partial charge in [-0.1, -0.05) is 0 Å². The van der Waals surface area contributed by atoms with Crippen LogP contribution in [0.25, 0.3) is 10.1 Å². The van der Waals surface area contributed by atoms with Crippen LogP contribution in [-0.2, 0) is 0 Å². The molecule has 1 unspecified atom stereocenters. The van der Waals surface area contributed by atoms with Crippen LogP contribution in [0.3, 0.4) is 0 Å². The van der Waals surface area contributed by atoms with Gasteiger partial charge in [0.1, 0.15) is 5.82 Å². The van der Waals surface area contributed by atoms with Gasteiger partial charge in [0.15, 0.2) is 0 Å². The predicted molar refractivity (Wildman–Crippen MR) is 91.6 cm³/mol. The second kappa shape index (κ2) is 7.90. The maximum atomic E-state index is 13.2. The summed E-state index contributed by atoms with van der Waals surface area (Å²) >= 11 is 1.41. The van der Waals surface area contributed by atoms with Crippen LogP contribution < -0.4 is 10.6 Å². The molecule has 0 spiro atoms. The Labute approximate surface area is 139 Å². The number of thiophene rings is 1. The quantitative estimate of drug-likeness (QED) is 0.891. The summed E-state index contributed by atoms with van der Waals surface area (Å²) in [7, 11) is 0. The lowest BCUT2D eigenvalue weighted by Gasteiger charge is -2.22. The van der Waals surface area contributed by atoms with Crippen LogP contribution in [0.15, 0.2) is 24.3 Å². The monoisotopic (exact) mass is 342 g/mol. The number of nitrogens with one attached hydrogen (secondary N) is 2. The number of hydrogen-bond acceptors (Lipinski definition) is 3. The van der Waals surface area contributed by atoms with Gasteiger partial charge in [0, 0.05) is 11.2 Å². The topological polar surface area (TPSA) is 41.1 Å². The molecule has 1 atom stereocenters. The molecule has 22 heavy (non-hydrogen) atoms. The van der Waals surface area contributed by atoms with Gasteiger partial charge in [-0.25, -0.2) is 4.39 Å². The Morgan fingerprint density at radius 1 is 1.41 bits per heavy atom. The van der Waals surface area contributed by atoms with Crippen molar-refractivity contribution in [3.05, 3.63) is 35.0 Å². The first-order valence-corrected chi connectivity index (χ1v) is 8.22. The molecule has 1 aromatic heterocycles. The van der Waals surface area contributed by atoms with Gasteiger partial charge in [-0.3, -0.25) is 4.79 Å². The summed E-state index contributed by atoms with van der Waals surface area (Å²) in [6.07, 6.45) is 3.48. The highest BCUT2D eigenvalue weighted by Crippen LogP contribution is 2.26. The van der Waals surface area contributed by atoms with E-state index >= 15 is 0 Å². The molecule has 2 aromatic rings. The van der Waals surface area contributed by atoms with E-state index in [1.54, 1.807) is 12.1 Å². The Balaban J connectivity index is 0.00000176. The first kappa shape index (κ1) is 17.2. The Hall–Kier alpha value is -1.17. The molecule has 1 aromatic carbocycles. The van der Waals surface area contributed by atoms with E-state index in [4.69, 9.17) is 0 Å². The third-order valence-corrected chi connectivity index (χ3v) is 5.05. The van der Waals surface area contributed by atoms with Crippen molar-refractivity contribution >= 4 is 39.7 Å². The van der Waals surface area contributed by atoms with Crippen molar-refractivity contribution in [2.75, 3.05) is 19.6 Å². The van der Waals surface area contributed by atoms with E-state index < -0.39 is 0 Å². The van der Waals surface area contributed by atoms with Crippen LogP contribution in [0, 0.1) is 11.7 Å². The van der Waals surface area contributed by atoms with E-state index in [1.807, 2.05) is 0 Å². The van der Waals surface area contributed by atoms with Crippen LogP contribution in [0.2, 0.25) is 0 Å². The number of carbonyl (C=O) groups excluding carboxylic acids is 1. The molecule has 1 fully saturated rings. The standard InChI is InChI=1S/C16H19FN2OS.ClH/c17-13-3-4-14-12(8-13)9-15(21-14)16(20)19-7-5-11-2-1-6-18-10-11;/h3-4,8-9,11,18H,1-2,5-7,10H2,(H,19,20);1H. The highest BCUT2D eigenvalue weighted by Gasteiger charge is 2.14. The van der Waals surface area contributed by atoms with Crippen LogP contribution in [-0.4, -0.2) is 25.5 Å². The zero-order chi connectivity index (χ0) is 14.7. The molecule has 0 saturated carbocycles. The lowest BCUT2D eigenvalue weighted by molar-refractivity contribution is 0.0955. The van der Waals surface area contributed by atoms with Crippen molar-refractivity contribution < 1.29 is 9.18 Å². The van der Waals surface area contributed by atoms with E-state index in [1.165, 1.54) is 36.3 Å². The van der Waals surface area contributed by atoms with Crippen LogP contribution in [0.1, 0.15) is 28.9 Å². The largest absolute Gasteiger partial charge is 0.351 e. The molecule has 2 heterocycles. The maximum absolute atomic E-state index is 13.2. The summed E-state index contributed by atoms with van der Waals surface area (Å²) < 4.78 is 14.1. The second-order valence-electron chi connectivity index (χ2n) is 5.55. The fourth-order valence-corrected chi connectivity index (χ4v) is 3.73. The summed E-state index contributed by atoms with van der Waals surface area (Å²) in [5, 5.41) is 7.15. The second-order valence-corrected chi connectivity index (χ2v) is 6.63. The van der Waals surface area contributed by atoms with Crippen LogP contribution >= 0.6 is 23.7 Å². The fraction of sp³-hybridized carbons (Fsp3) is 0.438. The molecular formula is C16H20ClFN2OS. The lowest BCUT2D eigenvalue weighted by atomic mass is 9.96. The third-order valence-electron chi connectivity index (χ3n) is 3.94. The molecule has 1 aliphatic heterocycles. The van der Waals surface area contributed by atoms with Crippen molar-refractivity contribution in [3.8, 4) is 0 Å². The summed E-state index contributed by atoms with van der Waals surface area (Å²) in [5.41, 5.74) is 0. The molecule has 1 saturated heterocycles. The van der Waals surface area contributed by atoms with Crippen LogP contribution in [0.5, 0.6) is 0 Å². The normalized spacial score (nSPS) is 18.0. The smallest absolute Gasteiger partial charge is 0.261 e. The average molecular weight is 343 g/mol. The summed E-state index contributed by atoms with van der Waals surface area (Å²) in [6, 6.07) is 6.38.